The Morgan fingerprint density at radius 1 is 0.755 bits per heavy atom. The maximum atomic E-state index is 12.7. The Labute approximate surface area is 303 Å². The van der Waals surface area contributed by atoms with E-state index in [0.717, 1.165) is 75.9 Å². The van der Waals surface area contributed by atoms with E-state index in [9.17, 15) is 9.59 Å². The SMILES string of the molecule is CCCCCCCCCCCCCCCC(=O)OCn1c(=O)ccc2ccc(OCCCCN3CCN(c4cccc(Cl)c4Cl)CC3)cc21. The number of anilines is 1. The van der Waals surface area contributed by atoms with E-state index >= 15 is 0 Å². The second-order valence-corrected chi connectivity index (χ2v) is 14.2. The van der Waals surface area contributed by atoms with Crippen molar-refractivity contribution < 1.29 is 14.3 Å². The van der Waals surface area contributed by atoms with Crippen LogP contribution in [0.15, 0.2) is 53.3 Å². The van der Waals surface area contributed by atoms with E-state index in [1.165, 1.54) is 74.8 Å². The van der Waals surface area contributed by atoms with Crippen LogP contribution in [0.1, 0.15) is 110 Å². The van der Waals surface area contributed by atoms with Crippen LogP contribution in [-0.2, 0) is 16.3 Å². The number of hydrogen-bond acceptors (Lipinski definition) is 6. The molecule has 9 heteroatoms. The van der Waals surface area contributed by atoms with Crippen molar-refractivity contribution in [2.75, 3.05) is 44.2 Å². The molecule has 0 radical (unpaired) electrons. The zero-order valence-electron chi connectivity index (χ0n) is 29.6. The smallest absolute Gasteiger partial charge is 0.307 e. The van der Waals surface area contributed by atoms with E-state index in [1.54, 1.807) is 6.07 Å². The average Bonchev–Trinajstić information content (AvgIpc) is 3.11. The first kappa shape index (κ1) is 39.1. The Hall–Kier alpha value is -2.74. The molecule has 2 aromatic carbocycles. The van der Waals surface area contributed by atoms with Crippen LogP contribution in [0, 0.1) is 0 Å². The lowest BCUT2D eigenvalue weighted by Gasteiger charge is -2.36. The molecule has 0 aliphatic carbocycles. The molecule has 0 bridgehead atoms. The van der Waals surface area contributed by atoms with Crippen LogP contribution in [-0.4, -0.2) is 54.8 Å². The fourth-order valence-corrected chi connectivity index (χ4v) is 6.98. The zero-order valence-corrected chi connectivity index (χ0v) is 31.1. The van der Waals surface area contributed by atoms with Crippen molar-refractivity contribution in [3.63, 3.8) is 0 Å². The highest BCUT2D eigenvalue weighted by atomic mass is 35.5. The van der Waals surface area contributed by atoms with Gasteiger partial charge in [-0.3, -0.25) is 19.1 Å². The van der Waals surface area contributed by atoms with Gasteiger partial charge in [0.15, 0.2) is 6.73 Å². The van der Waals surface area contributed by atoms with Crippen LogP contribution in [0.3, 0.4) is 0 Å². The molecule has 0 amide bonds. The number of nitrogens with zero attached hydrogens (tertiary/aromatic N) is 3. The number of ether oxygens (including phenoxy) is 2. The summed E-state index contributed by atoms with van der Waals surface area (Å²) in [6.07, 6.45) is 18.8. The number of fused-ring (bicyclic) bond motifs is 1. The summed E-state index contributed by atoms with van der Waals surface area (Å²) in [4.78, 5) is 30.0. The number of halogens is 2. The molecule has 7 nitrogen and oxygen atoms in total. The van der Waals surface area contributed by atoms with Gasteiger partial charge in [-0.05, 0) is 61.5 Å². The molecule has 2 heterocycles. The Morgan fingerprint density at radius 3 is 2.10 bits per heavy atom. The van der Waals surface area contributed by atoms with Gasteiger partial charge < -0.3 is 14.4 Å². The number of unbranched alkanes of at least 4 members (excludes halogenated alkanes) is 13. The summed E-state index contributed by atoms with van der Waals surface area (Å²) in [7, 11) is 0. The van der Waals surface area contributed by atoms with E-state index in [1.807, 2.05) is 36.4 Å². The minimum atomic E-state index is -0.256. The fourth-order valence-electron chi connectivity index (χ4n) is 6.56. The third-order valence-electron chi connectivity index (χ3n) is 9.58. The molecule has 49 heavy (non-hydrogen) atoms. The van der Waals surface area contributed by atoms with Crippen LogP contribution < -0.4 is 15.2 Å². The van der Waals surface area contributed by atoms with Gasteiger partial charge in [0.2, 0.25) is 0 Å². The molecular weight excluding hydrogens is 657 g/mol. The molecule has 1 aliphatic heterocycles. The molecule has 0 spiro atoms. The highest BCUT2D eigenvalue weighted by Crippen LogP contribution is 2.33. The number of piperazine rings is 1. The largest absolute Gasteiger partial charge is 0.494 e. The van der Waals surface area contributed by atoms with Crippen LogP contribution in [0.5, 0.6) is 5.75 Å². The van der Waals surface area contributed by atoms with E-state index in [4.69, 9.17) is 32.7 Å². The first-order valence-corrected chi connectivity index (χ1v) is 19.5. The Kier molecular flexibility index (Phi) is 17.7. The van der Waals surface area contributed by atoms with Gasteiger partial charge in [0.1, 0.15) is 5.75 Å². The topological polar surface area (TPSA) is 64.0 Å². The Balaban J connectivity index is 1.09. The highest BCUT2D eigenvalue weighted by molar-refractivity contribution is 6.43. The van der Waals surface area contributed by atoms with Crippen molar-refractivity contribution >= 4 is 45.8 Å². The summed E-state index contributed by atoms with van der Waals surface area (Å²) in [6, 6.07) is 14.9. The van der Waals surface area contributed by atoms with Crippen molar-refractivity contribution in [1.82, 2.24) is 9.47 Å². The summed E-state index contributed by atoms with van der Waals surface area (Å²) in [5.41, 5.74) is 1.51. The maximum absolute atomic E-state index is 12.7. The lowest BCUT2D eigenvalue weighted by molar-refractivity contribution is -0.147. The number of aromatic nitrogens is 1. The molecule has 0 saturated carbocycles. The van der Waals surface area contributed by atoms with Gasteiger partial charge in [0, 0.05) is 44.7 Å². The van der Waals surface area contributed by atoms with Crippen molar-refractivity contribution in [1.29, 1.82) is 0 Å². The van der Waals surface area contributed by atoms with Crippen molar-refractivity contribution in [3.8, 4) is 5.75 Å². The monoisotopic (exact) mass is 713 g/mol. The lowest BCUT2D eigenvalue weighted by atomic mass is 10.0. The van der Waals surface area contributed by atoms with Gasteiger partial charge in [-0.25, -0.2) is 0 Å². The number of pyridine rings is 1. The van der Waals surface area contributed by atoms with Crippen LogP contribution in [0.2, 0.25) is 10.0 Å². The first-order valence-electron chi connectivity index (χ1n) is 18.8. The molecule has 4 rings (SSSR count). The van der Waals surface area contributed by atoms with Crippen LogP contribution in [0.25, 0.3) is 10.9 Å². The van der Waals surface area contributed by atoms with Gasteiger partial charge in [-0.1, -0.05) is 113 Å². The first-order chi connectivity index (χ1) is 24.0. The fraction of sp³-hybridized carbons (Fsp3) is 0.600. The quantitative estimate of drug-likeness (QED) is 0.0720. The van der Waals surface area contributed by atoms with E-state index in [0.29, 0.717) is 34.3 Å². The molecule has 270 valence electrons. The summed E-state index contributed by atoms with van der Waals surface area (Å²) in [5.74, 6) is 0.450. The Bertz CT molecular complexity index is 1470. The molecule has 0 atom stereocenters. The standard InChI is InChI=1S/C40H57Cl2N3O4/c1-2-3-4-5-6-7-8-9-10-11-12-13-14-20-39(47)49-32-45-37-31-34(23-21-33(37)22-24-38(45)46)48-30-16-15-25-43-26-28-44(29-27-43)36-19-17-18-35(41)40(36)42/h17-19,21-24,31H,2-16,20,25-30,32H2,1H3. The minimum Gasteiger partial charge on any atom is -0.494 e. The van der Waals surface area contributed by atoms with E-state index in [2.05, 4.69) is 16.7 Å². The van der Waals surface area contributed by atoms with Gasteiger partial charge in [-0.15, -0.1) is 0 Å². The zero-order chi connectivity index (χ0) is 34.7. The average molecular weight is 715 g/mol. The molecule has 1 fully saturated rings. The summed E-state index contributed by atoms with van der Waals surface area (Å²) in [5, 5.41) is 2.12. The molecular formula is C40H57Cl2N3O4. The summed E-state index contributed by atoms with van der Waals surface area (Å²) in [6.45, 7) is 7.59. The second kappa shape index (κ2) is 22.2. The highest BCUT2D eigenvalue weighted by Gasteiger charge is 2.19. The van der Waals surface area contributed by atoms with E-state index < -0.39 is 0 Å². The minimum absolute atomic E-state index is 0.0896. The van der Waals surface area contributed by atoms with Crippen LogP contribution in [0.4, 0.5) is 5.69 Å². The molecule has 1 saturated heterocycles. The molecule has 0 unspecified atom stereocenters. The number of carbonyl (C=O) groups is 1. The van der Waals surface area contributed by atoms with Crippen molar-refractivity contribution in [2.24, 2.45) is 0 Å². The third kappa shape index (κ3) is 13.5. The number of esters is 1. The molecule has 0 N–H and O–H groups in total. The predicted octanol–water partition coefficient (Wildman–Crippen LogP) is 10.3. The maximum Gasteiger partial charge on any atom is 0.307 e. The summed E-state index contributed by atoms with van der Waals surface area (Å²) >= 11 is 12.6. The Morgan fingerprint density at radius 2 is 1.41 bits per heavy atom. The molecule has 1 aromatic heterocycles. The second-order valence-electron chi connectivity index (χ2n) is 13.4. The van der Waals surface area contributed by atoms with E-state index in [-0.39, 0.29) is 18.3 Å². The summed E-state index contributed by atoms with van der Waals surface area (Å²) < 4.78 is 13.1. The van der Waals surface area contributed by atoms with Gasteiger partial charge in [-0.2, -0.15) is 0 Å². The molecule has 1 aliphatic rings. The number of rotatable bonds is 23. The predicted molar refractivity (Wildman–Crippen MR) is 204 cm³/mol. The van der Waals surface area contributed by atoms with Crippen LogP contribution >= 0.6 is 23.2 Å². The van der Waals surface area contributed by atoms with Gasteiger partial charge >= 0.3 is 5.97 Å². The lowest BCUT2D eigenvalue weighted by Crippen LogP contribution is -2.46. The number of carbonyl (C=O) groups excluding carboxylic acids is 1. The van der Waals surface area contributed by atoms with Crippen molar-refractivity contribution in [2.45, 2.75) is 116 Å². The molecule has 3 aromatic rings. The number of benzene rings is 2. The third-order valence-corrected chi connectivity index (χ3v) is 10.4. The number of hydrogen-bond donors (Lipinski definition) is 0. The van der Waals surface area contributed by atoms with Crippen molar-refractivity contribution in [3.05, 3.63) is 68.9 Å². The normalized spacial score (nSPS) is 13.7. The van der Waals surface area contributed by atoms with Gasteiger partial charge in [0.25, 0.3) is 5.56 Å². The van der Waals surface area contributed by atoms with Gasteiger partial charge in [0.05, 0.1) is 27.9 Å².